The molecule has 2 heterocycles. The highest BCUT2D eigenvalue weighted by Crippen LogP contribution is 2.32. The van der Waals surface area contributed by atoms with E-state index in [2.05, 4.69) is 5.16 Å². The number of carbonyl (C=O) groups is 1. The zero-order chi connectivity index (χ0) is 20.6. The molecule has 0 atom stereocenters. The van der Waals surface area contributed by atoms with Gasteiger partial charge in [-0.2, -0.15) is 0 Å². The predicted molar refractivity (Wildman–Crippen MR) is 112 cm³/mol. The number of nitrogens with zero attached hydrogens (tertiary/aromatic N) is 2. The van der Waals surface area contributed by atoms with Crippen molar-refractivity contribution in [2.75, 3.05) is 6.54 Å². The minimum Gasteiger partial charge on any atom is -0.478 e. The van der Waals surface area contributed by atoms with Crippen LogP contribution < -0.4 is 4.74 Å². The third-order valence-electron chi connectivity index (χ3n) is 4.93. The summed E-state index contributed by atoms with van der Waals surface area (Å²) in [4.78, 5) is 15.0. The normalized spacial score (nSPS) is 13.9. The number of benzene rings is 2. The van der Waals surface area contributed by atoms with Crippen LogP contribution in [0.15, 0.2) is 53.1 Å². The van der Waals surface area contributed by atoms with E-state index in [1.165, 1.54) is 0 Å². The van der Waals surface area contributed by atoms with Crippen molar-refractivity contribution in [2.24, 2.45) is 0 Å². The van der Waals surface area contributed by atoms with E-state index in [0.29, 0.717) is 41.1 Å². The van der Waals surface area contributed by atoms with Crippen molar-refractivity contribution >= 4 is 29.1 Å². The minimum atomic E-state index is -1.02. The lowest BCUT2D eigenvalue weighted by Crippen LogP contribution is -2.50. The zero-order valence-electron chi connectivity index (χ0n) is 16.1. The summed E-state index contributed by atoms with van der Waals surface area (Å²) >= 11 is 11.9. The van der Waals surface area contributed by atoms with E-state index in [4.69, 9.17) is 32.5 Å². The van der Waals surface area contributed by atoms with E-state index in [0.717, 1.165) is 16.8 Å². The van der Waals surface area contributed by atoms with Gasteiger partial charge in [0.05, 0.1) is 12.2 Å². The van der Waals surface area contributed by atoms with Crippen molar-refractivity contribution in [3.8, 4) is 17.1 Å². The average Bonchev–Trinajstić information content (AvgIpc) is 3.13. The van der Waals surface area contributed by atoms with Crippen LogP contribution in [0.4, 0.5) is 0 Å². The number of rotatable bonds is 4. The second-order valence-electron chi connectivity index (χ2n) is 7.49. The maximum absolute atomic E-state index is 13.2. The lowest BCUT2D eigenvalue weighted by atomic mass is 9.99. The molecule has 0 saturated heterocycles. The molecule has 0 N–H and O–H groups in total. The van der Waals surface area contributed by atoms with Crippen molar-refractivity contribution in [1.82, 2.24) is 10.1 Å². The molecule has 0 saturated carbocycles. The number of hydrogen-bond donors (Lipinski definition) is 0. The maximum atomic E-state index is 13.2. The van der Waals surface area contributed by atoms with Crippen LogP contribution in [0, 0.1) is 0 Å². The molecule has 5 nitrogen and oxygen atoms in total. The van der Waals surface area contributed by atoms with Gasteiger partial charge in [-0.3, -0.25) is 4.79 Å². The van der Waals surface area contributed by atoms with Crippen molar-refractivity contribution in [1.29, 1.82) is 0 Å². The SMILES string of the molecule is CC(C)(Oc1ccc(Cl)cc1)C(=O)N1CCc2noc(-c3ccc(Cl)cc3)c2C1. The summed E-state index contributed by atoms with van der Waals surface area (Å²) in [6, 6.07) is 14.4. The quantitative estimate of drug-likeness (QED) is 0.556. The molecule has 150 valence electrons. The summed E-state index contributed by atoms with van der Waals surface area (Å²) in [5.41, 5.74) is 1.67. The maximum Gasteiger partial charge on any atom is 0.266 e. The highest BCUT2D eigenvalue weighted by Gasteiger charge is 2.37. The number of halogens is 2. The topological polar surface area (TPSA) is 55.6 Å². The molecule has 7 heteroatoms. The van der Waals surface area contributed by atoms with Crippen LogP contribution in [0.3, 0.4) is 0 Å². The van der Waals surface area contributed by atoms with Crippen LogP contribution in [0.25, 0.3) is 11.3 Å². The fourth-order valence-electron chi connectivity index (χ4n) is 3.44. The monoisotopic (exact) mass is 430 g/mol. The van der Waals surface area contributed by atoms with E-state index in [1.54, 1.807) is 55.1 Å². The lowest BCUT2D eigenvalue weighted by Gasteiger charge is -2.34. The molecule has 0 spiro atoms. The van der Waals surface area contributed by atoms with Crippen molar-refractivity contribution in [3.05, 3.63) is 69.8 Å². The Labute approximate surface area is 179 Å². The molecule has 1 aromatic heterocycles. The van der Waals surface area contributed by atoms with Crippen LogP contribution in [0.1, 0.15) is 25.1 Å². The summed E-state index contributed by atoms with van der Waals surface area (Å²) in [6.07, 6.45) is 0.634. The second-order valence-corrected chi connectivity index (χ2v) is 8.36. The standard InChI is InChI=1S/C22H20Cl2N2O3/c1-22(2,28-17-9-7-16(24)8-10-17)21(27)26-12-11-19-18(13-26)20(29-25-19)14-3-5-15(23)6-4-14/h3-10H,11-13H2,1-2H3. The molecule has 0 aliphatic carbocycles. The molecule has 1 amide bonds. The number of aromatic nitrogens is 1. The van der Waals surface area contributed by atoms with Gasteiger partial charge in [0.15, 0.2) is 11.4 Å². The smallest absolute Gasteiger partial charge is 0.266 e. The lowest BCUT2D eigenvalue weighted by molar-refractivity contribution is -0.146. The Kier molecular flexibility index (Phi) is 5.28. The molecular formula is C22H20Cl2N2O3. The number of hydrogen-bond acceptors (Lipinski definition) is 4. The number of ether oxygens (including phenoxy) is 1. The largest absolute Gasteiger partial charge is 0.478 e. The first kappa shape index (κ1) is 19.8. The molecule has 0 unspecified atom stereocenters. The number of carbonyl (C=O) groups excluding carboxylic acids is 1. The highest BCUT2D eigenvalue weighted by atomic mass is 35.5. The van der Waals surface area contributed by atoms with Gasteiger partial charge >= 0.3 is 0 Å². The van der Waals surface area contributed by atoms with Gasteiger partial charge in [-0.1, -0.05) is 28.4 Å². The van der Waals surface area contributed by atoms with E-state index in [-0.39, 0.29) is 5.91 Å². The van der Waals surface area contributed by atoms with Gasteiger partial charge in [-0.15, -0.1) is 0 Å². The van der Waals surface area contributed by atoms with Gasteiger partial charge in [0.1, 0.15) is 5.75 Å². The van der Waals surface area contributed by atoms with Crippen LogP contribution in [0.5, 0.6) is 5.75 Å². The molecule has 3 aromatic rings. The Bertz CT molecular complexity index is 1030. The molecule has 0 bridgehead atoms. The molecule has 29 heavy (non-hydrogen) atoms. The third-order valence-corrected chi connectivity index (χ3v) is 5.44. The molecule has 0 radical (unpaired) electrons. The summed E-state index contributed by atoms with van der Waals surface area (Å²) in [7, 11) is 0. The van der Waals surface area contributed by atoms with Crippen LogP contribution in [-0.4, -0.2) is 28.1 Å². The van der Waals surface area contributed by atoms with Crippen molar-refractivity contribution < 1.29 is 14.1 Å². The summed E-state index contributed by atoms with van der Waals surface area (Å²) in [5, 5.41) is 5.47. The zero-order valence-corrected chi connectivity index (χ0v) is 17.6. The van der Waals surface area contributed by atoms with Gasteiger partial charge in [0, 0.05) is 34.1 Å². The van der Waals surface area contributed by atoms with Crippen LogP contribution >= 0.6 is 23.2 Å². The van der Waals surface area contributed by atoms with Gasteiger partial charge < -0.3 is 14.2 Å². The Morgan fingerprint density at radius 1 is 1.07 bits per heavy atom. The molecule has 2 aromatic carbocycles. The molecule has 0 fully saturated rings. The molecule has 1 aliphatic heterocycles. The first-order valence-electron chi connectivity index (χ1n) is 9.31. The molecule has 1 aliphatic rings. The summed E-state index contributed by atoms with van der Waals surface area (Å²) in [6.45, 7) is 4.52. The fourth-order valence-corrected chi connectivity index (χ4v) is 3.69. The first-order chi connectivity index (χ1) is 13.8. The molecule has 4 rings (SSSR count). The van der Waals surface area contributed by atoms with Crippen LogP contribution in [0.2, 0.25) is 10.0 Å². The highest BCUT2D eigenvalue weighted by molar-refractivity contribution is 6.30. The van der Waals surface area contributed by atoms with Crippen LogP contribution in [-0.2, 0) is 17.8 Å². The van der Waals surface area contributed by atoms with Crippen molar-refractivity contribution in [2.45, 2.75) is 32.4 Å². The van der Waals surface area contributed by atoms with E-state index in [1.807, 2.05) is 12.1 Å². The minimum absolute atomic E-state index is 0.0960. The van der Waals surface area contributed by atoms with Crippen molar-refractivity contribution in [3.63, 3.8) is 0 Å². The second kappa shape index (κ2) is 7.73. The summed E-state index contributed by atoms with van der Waals surface area (Å²) in [5.74, 6) is 1.17. The van der Waals surface area contributed by atoms with Gasteiger partial charge in [0.25, 0.3) is 5.91 Å². The first-order valence-corrected chi connectivity index (χ1v) is 10.1. The number of amides is 1. The average molecular weight is 431 g/mol. The Morgan fingerprint density at radius 3 is 2.34 bits per heavy atom. The van der Waals surface area contributed by atoms with Gasteiger partial charge in [-0.05, 0) is 62.4 Å². The third kappa shape index (κ3) is 4.11. The summed E-state index contributed by atoms with van der Waals surface area (Å²) < 4.78 is 11.6. The Morgan fingerprint density at radius 2 is 1.69 bits per heavy atom. The van der Waals surface area contributed by atoms with Gasteiger partial charge in [-0.25, -0.2) is 0 Å². The fraction of sp³-hybridized carbons (Fsp3) is 0.273. The Hall–Kier alpha value is -2.50. The predicted octanol–water partition coefficient (Wildman–Crippen LogP) is 5.39. The Balaban J connectivity index is 1.54. The molecular weight excluding hydrogens is 411 g/mol. The van der Waals surface area contributed by atoms with E-state index in [9.17, 15) is 4.79 Å². The van der Waals surface area contributed by atoms with E-state index < -0.39 is 5.60 Å². The number of fused-ring (bicyclic) bond motifs is 1. The van der Waals surface area contributed by atoms with Gasteiger partial charge in [0.2, 0.25) is 0 Å². The van der Waals surface area contributed by atoms with E-state index >= 15 is 0 Å².